The summed E-state index contributed by atoms with van der Waals surface area (Å²) < 4.78 is 0. The van der Waals surface area contributed by atoms with Crippen LogP contribution >= 0.6 is 11.6 Å². The SMILES string of the molecule is CC1CN(C(=O)[C@@H](Cc2ccc(Cl)cc2)N[C@H]2CC[C@](O)(c3ccccc3)CC2)CCC1N(C(=O)N(C)C)C1CCCCC1. The smallest absolute Gasteiger partial charge is 0.319 e. The predicted octanol–water partition coefficient (Wildman–Crippen LogP) is 6.22. The molecule has 5 rings (SSSR count). The second-order valence-corrected chi connectivity index (χ2v) is 14.2. The normalized spacial score (nSPS) is 27.0. The first-order valence-corrected chi connectivity index (χ1v) is 17.1. The summed E-state index contributed by atoms with van der Waals surface area (Å²) in [6, 6.07) is 18.0. The van der Waals surface area contributed by atoms with Gasteiger partial charge in [-0.1, -0.05) is 80.3 Å². The minimum atomic E-state index is -0.819. The molecule has 0 bridgehead atoms. The van der Waals surface area contributed by atoms with Gasteiger partial charge in [0, 0.05) is 50.3 Å². The summed E-state index contributed by atoms with van der Waals surface area (Å²) in [6.07, 6.45) is 10.0. The number of hydrogen-bond acceptors (Lipinski definition) is 4. The number of likely N-dealkylation sites (tertiary alicyclic amines) is 1. The van der Waals surface area contributed by atoms with Gasteiger partial charge in [-0.3, -0.25) is 4.79 Å². The molecule has 2 aliphatic carbocycles. The highest BCUT2D eigenvalue weighted by Crippen LogP contribution is 2.37. The van der Waals surface area contributed by atoms with Gasteiger partial charge in [-0.25, -0.2) is 4.79 Å². The lowest BCUT2D eigenvalue weighted by atomic mass is 9.77. The summed E-state index contributed by atoms with van der Waals surface area (Å²) in [5.74, 6) is 0.308. The third kappa shape index (κ3) is 7.78. The van der Waals surface area contributed by atoms with Gasteiger partial charge in [-0.15, -0.1) is 0 Å². The fraction of sp³-hybridized carbons (Fsp3) is 0.611. The van der Waals surface area contributed by atoms with Crippen LogP contribution in [0, 0.1) is 5.92 Å². The van der Waals surface area contributed by atoms with E-state index in [2.05, 4.69) is 17.1 Å². The van der Waals surface area contributed by atoms with Crippen LogP contribution in [0.5, 0.6) is 0 Å². The van der Waals surface area contributed by atoms with Gasteiger partial charge in [0.1, 0.15) is 0 Å². The monoisotopic (exact) mass is 622 g/mol. The molecule has 0 aromatic heterocycles. The number of rotatable bonds is 8. The van der Waals surface area contributed by atoms with Crippen LogP contribution in [-0.4, -0.2) is 83.1 Å². The number of piperidine rings is 1. The van der Waals surface area contributed by atoms with E-state index in [4.69, 9.17) is 11.6 Å². The number of nitrogens with one attached hydrogen (secondary N) is 1. The number of benzene rings is 2. The second kappa shape index (κ2) is 14.7. The largest absolute Gasteiger partial charge is 0.385 e. The molecule has 1 aliphatic heterocycles. The summed E-state index contributed by atoms with van der Waals surface area (Å²) in [4.78, 5) is 33.6. The lowest BCUT2D eigenvalue weighted by Gasteiger charge is -2.48. The van der Waals surface area contributed by atoms with Crippen LogP contribution in [0.2, 0.25) is 5.02 Å². The molecule has 2 aromatic carbocycles. The van der Waals surface area contributed by atoms with Crippen molar-refractivity contribution in [1.82, 2.24) is 20.0 Å². The van der Waals surface area contributed by atoms with Crippen molar-refractivity contribution in [2.45, 2.75) is 107 Å². The average Bonchev–Trinajstić information content (AvgIpc) is 3.04. The quantitative estimate of drug-likeness (QED) is 0.366. The topological polar surface area (TPSA) is 76.1 Å². The van der Waals surface area contributed by atoms with E-state index in [-0.39, 0.29) is 42.0 Å². The first-order valence-electron chi connectivity index (χ1n) is 16.7. The fourth-order valence-electron chi connectivity index (χ4n) is 7.78. The number of carbonyl (C=O) groups excluding carboxylic acids is 2. The van der Waals surface area contributed by atoms with Crippen molar-refractivity contribution in [2.24, 2.45) is 5.92 Å². The summed E-state index contributed by atoms with van der Waals surface area (Å²) in [5, 5.41) is 15.8. The van der Waals surface area contributed by atoms with E-state index in [0.29, 0.717) is 37.4 Å². The van der Waals surface area contributed by atoms with Crippen LogP contribution in [0.1, 0.15) is 82.3 Å². The van der Waals surface area contributed by atoms with Crippen molar-refractivity contribution in [1.29, 1.82) is 0 Å². The van der Waals surface area contributed by atoms with Crippen LogP contribution in [-0.2, 0) is 16.8 Å². The average molecular weight is 623 g/mol. The minimum absolute atomic E-state index is 0.101. The maximum Gasteiger partial charge on any atom is 0.319 e. The van der Waals surface area contributed by atoms with Gasteiger partial charge in [0.15, 0.2) is 0 Å². The zero-order valence-corrected chi connectivity index (χ0v) is 27.5. The maximum atomic E-state index is 14.3. The molecule has 240 valence electrons. The lowest BCUT2D eigenvalue weighted by Crippen LogP contribution is -2.60. The van der Waals surface area contributed by atoms with E-state index in [1.807, 2.05) is 73.6 Å². The number of amides is 3. The number of hydrogen-bond donors (Lipinski definition) is 2. The van der Waals surface area contributed by atoms with Crippen LogP contribution in [0.25, 0.3) is 0 Å². The molecule has 0 radical (unpaired) electrons. The molecule has 1 heterocycles. The number of urea groups is 1. The molecule has 2 unspecified atom stereocenters. The first kappa shape index (κ1) is 32.8. The molecule has 0 spiro atoms. The Labute approximate surface area is 268 Å². The molecule has 2 saturated carbocycles. The molecule has 2 aromatic rings. The predicted molar refractivity (Wildman–Crippen MR) is 177 cm³/mol. The molecular formula is C36H51ClN4O3. The zero-order chi connectivity index (χ0) is 31.3. The van der Waals surface area contributed by atoms with E-state index in [0.717, 1.165) is 43.2 Å². The van der Waals surface area contributed by atoms with Crippen molar-refractivity contribution in [3.8, 4) is 0 Å². The van der Waals surface area contributed by atoms with Gasteiger partial charge >= 0.3 is 6.03 Å². The Kier molecular flexibility index (Phi) is 10.9. The van der Waals surface area contributed by atoms with Crippen molar-refractivity contribution in [3.05, 3.63) is 70.7 Å². The Balaban J connectivity index is 1.27. The van der Waals surface area contributed by atoms with Crippen molar-refractivity contribution in [3.63, 3.8) is 0 Å². The molecule has 8 heteroatoms. The standard InChI is InChI=1S/C36H51ClN4O3/c1-26-25-40(23-20-33(26)41(35(43)39(2)3)31-12-8-5-9-13-31)34(42)32(24-27-14-16-29(37)17-15-27)38-30-18-21-36(44,22-19-30)28-10-6-4-7-11-28/h4,6-7,10-11,14-17,26,30-33,38,44H,5,8-9,12-13,18-25H2,1-3H3/t26?,30-,32-,33?,36+/m1/s1. The zero-order valence-electron chi connectivity index (χ0n) is 26.8. The van der Waals surface area contributed by atoms with Gasteiger partial charge in [-0.2, -0.15) is 0 Å². The molecule has 7 nitrogen and oxygen atoms in total. The summed E-state index contributed by atoms with van der Waals surface area (Å²) in [5.41, 5.74) is 1.22. The maximum absolute atomic E-state index is 14.3. The molecule has 44 heavy (non-hydrogen) atoms. The number of halogens is 1. The minimum Gasteiger partial charge on any atom is -0.385 e. The second-order valence-electron chi connectivity index (χ2n) is 13.7. The fourth-order valence-corrected chi connectivity index (χ4v) is 7.91. The molecule has 3 amide bonds. The first-order chi connectivity index (χ1) is 21.1. The third-order valence-electron chi connectivity index (χ3n) is 10.3. The summed E-state index contributed by atoms with van der Waals surface area (Å²) in [6.45, 7) is 3.50. The number of aliphatic hydroxyl groups is 1. The van der Waals surface area contributed by atoms with Gasteiger partial charge in [-0.05, 0) is 80.5 Å². The van der Waals surface area contributed by atoms with Gasteiger partial charge in [0.25, 0.3) is 0 Å². The summed E-state index contributed by atoms with van der Waals surface area (Å²) >= 11 is 6.17. The van der Waals surface area contributed by atoms with E-state index in [9.17, 15) is 14.7 Å². The van der Waals surface area contributed by atoms with E-state index in [1.54, 1.807) is 4.90 Å². The van der Waals surface area contributed by atoms with Crippen LogP contribution in [0.3, 0.4) is 0 Å². The highest BCUT2D eigenvalue weighted by atomic mass is 35.5. The number of nitrogens with zero attached hydrogens (tertiary/aromatic N) is 3. The van der Waals surface area contributed by atoms with E-state index >= 15 is 0 Å². The molecule has 2 N–H and O–H groups in total. The Morgan fingerprint density at radius 3 is 2.25 bits per heavy atom. The van der Waals surface area contributed by atoms with Crippen molar-refractivity contribution in [2.75, 3.05) is 27.2 Å². The van der Waals surface area contributed by atoms with Crippen LogP contribution in [0.4, 0.5) is 4.79 Å². The Hall–Kier alpha value is -2.61. The molecule has 3 atom stereocenters. The van der Waals surface area contributed by atoms with Crippen molar-refractivity contribution < 1.29 is 14.7 Å². The van der Waals surface area contributed by atoms with Gasteiger partial charge in [0.05, 0.1) is 11.6 Å². The van der Waals surface area contributed by atoms with Gasteiger partial charge < -0.3 is 25.1 Å². The molecule has 3 aliphatic rings. The molecular weight excluding hydrogens is 572 g/mol. The third-order valence-corrected chi connectivity index (χ3v) is 10.6. The van der Waals surface area contributed by atoms with Crippen LogP contribution < -0.4 is 5.32 Å². The van der Waals surface area contributed by atoms with Gasteiger partial charge in [0.2, 0.25) is 5.91 Å². The highest BCUT2D eigenvalue weighted by molar-refractivity contribution is 6.30. The molecule has 1 saturated heterocycles. The highest BCUT2D eigenvalue weighted by Gasteiger charge is 2.41. The Bertz CT molecular complexity index is 1230. The Morgan fingerprint density at radius 1 is 0.977 bits per heavy atom. The Morgan fingerprint density at radius 2 is 1.64 bits per heavy atom. The van der Waals surface area contributed by atoms with Crippen molar-refractivity contribution >= 4 is 23.5 Å². The lowest BCUT2D eigenvalue weighted by molar-refractivity contribution is -0.136. The van der Waals surface area contributed by atoms with Crippen LogP contribution in [0.15, 0.2) is 54.6 Å². The van der Waals surface area contributed by atoms with E-state index in [1.165, 1.54) is 19.3 Å². The number of carbonyl (C=O) groups is 2. The molecule has 3 fully saturated rings. The summed E-state index contributed by atoms with van der Waals surface area (Å²) in [7, 11) is 3.70. The van der Waals surface area contributed by atoms with E-state index < -0.39 is 5.60 Å².